The molecule has 8 heteroatoms. The first-order valence-electron chi connectivity index (χ1n) is 11.4. The van der Waals surface area contributed by atoms with Crippen molar-refractivity contribution in [1.29, 1.82) is 0 Å². The van der Waals surface area contributed by atoms with Crippen molar-refractivity contribution in [3.8, 4) is 0 Å². The van der Waals surface area contributed by atoms with Crippen LogP contribution in [0.3, 0.4) is 0 Å². The third-order valence-electron chi connectivity index (χ3n) is 5.89. The van der Waals surface area contributed by atoms with E-state index in [-0.39, 0.29) is 5.91 Å². The first-order chi connectivity index (χ1) is 16.2. The van der Waals surface area contributed by atoms with Gasteiger partial charge in [0.05, 0.1) is 5.92 Å². The molecule has 1 amide bonds. The Balaban J connectivity index is 1.40. The summed E-state index contributed by atoms with van der Waals surface area (Å²) < 4.78 is 0. The fourth-order valence-corrected chi connectivity index (χ4v) is 4.13. The van der Waals surface area contributed by atoms with Crippen molar-refractivity contribution in [3.63, 3.8) is 0 Å². The van der Waals surface area contributed by atoms with Crippen LogP contribution >= 0.6 is 0 Å². The number of amides is 1. The topological polar surface area (TPSA) is 108 Å². The zero-order valence-electron chi connectivity index (χ0n) is 18.7. The van der Waals surface area contributed by atoms with Gasteiger partial charge in [-0.2, -0.15) is 0 Å². The van der Waals surface area contributed by atoms with E-state index in [4.69, 9.17) is 5.73 Å². The highest BCUT2D eigenvalue weighted by atomic mass is 16.2. The quantitative estimate of drug-likeness (QED) is 0.375. The molecule has 4 rings (SSSR count). The van der Waals surface area contributed by atoms with Crippen LogP contribution in [0.4, 0.5) is 17.3 Å². The van der Waals surface area contributed by atoms with Gasteiger partial charge in [-0.3, -0.25) is 15.6 Å². The average molecular weight is 446 g/mol. The number of piperidine rings is 1. The van der Waals surface area contributed by atoms with Crippen LogP contribution in [0.5, 0.6) is 0 Å². The highest BCUT2D eigenvalue weighted by Gasteiger charge is 2.23. The van der Waals surface area contributed by atoms with Gasteiger partial charge >= 0.3 is 0 Å². The molecule has 8 nitrogen and oxygen atoms in total. The van der Waals surface area contributed by atoms with Crippen molar-refractivity contribution in [1.82, 2.24) is 20.3 Å². The van der Waals surface area contributed by atoms with Gasteiger partial charge in [-0.05, 0) is 37.1 Å². The number of rotatable bonds is 9. The van der Waals surface area contributed by atoms with E-state index in [0.717, 1.165) is 37.3 Å². The SMILES string of the molecule is Nc1c(NCCN2CCCCC2)ncnc1NNC(=O)C(c1ccccc1)c1ccccc1. The second-order valence-electron chi connectivity index (χ2n) is 8.18. The van der Waals surface area contributed by atoms with Crippen molar-refractivity contribution >= 4 is 23.2 Å². The maximum absolute atomic E-state index is 13.2. The lowest BCUT2D eigenvalue weighted by Gasteiger charge is -2.26. The zero-order chi connectivity index (χ0) is 22.9. The van der Waals surface area contributed by atoms with Gasteiger partial charge in [0.15, 0.2) is 11.6 Å². The summed E-state index contributed by atoms with van der Waals surface area (Å²) in [6.07, 6.45) is 5.27. The van der Waals surface area contributed by atoms with E-state index in [0.29, 0.717) is 17.3 Å². The highest BCUT2D eigenvalue weighted by molar-refractivity contribution is 5.88. The van der Waals surface area contributed by atoms with E-state index >= 15 is 0 Å². The Labute approximate surface area is 194 Å². The largest absolute Gasteiger partial charge is 0.393 e. The highest BCUT2D eigenvalue weighted by Crippen LogP contribution is 2.26. The summed E-state index contributed by atoms with van der Waals surface area (Å²) >= 11 is 0. The molecule has 3 aromatic rings. The Bertz CT molecular complexity index is 984. The molecule has 0 atom stereocenters. The molecule has 0 aliphatic carbocycles. The maximum Gasteiger partial charge on any atom is 0.250 e. The Morgan fingerprint density at radius 2 is 1.52 bits per heavy atom. The number of hydrogen-bond donors (Lipinski definition) is 4. The number of nitrogens with zero attached hydrogens (tertiary/aromatic N) is 3. The molecule has 172 valence electrons. The molecule has 2 heterocycles. The standard InChI is InChI=1S/C25H31N7O/c26-22-23(27-14-17-32-15-8-3-9-16-32)28-18-29-24(22)30-31-25(33)21(19-10-4-1-5-11-19)20-12-6-2-7-13-20/h1-2,4-7,10-13,18,21H,3,8-9,14-17,26H2,(H,31,33)(H2,27,28,29,30). The summed E-state index contributed by atoms with van der Waals surface area (Å²) in [6, 6.07) is 19.4. The predicted molar refractivity (Wildman–Crippen MR) is 132 cm³/mol. The number of nitrogens with one attached hydrogen (secondary N) is 3. The summed E-state index contributed by atoms with van der Waals surface area (Å²) in [4.78, 5) is 24.1. The molecule has 1 aliphatic rings. The van der Waals surface area contributed by atoms with Crippen LogP contribution in [-0.2, 0) is 4.79 Å². The lowest BCUT2D eigenvalue weighted by Crippen LogP contribution is -2.35. The Hall–Kier alpha value is -3.65. The summed E-state index contributed by atoms with van der Waals surface area (Å²) in [5, 5.41) is 3.29. The molecule has 0 saturated carbocycles. The summed E-state index contributed by atoms with van der Waals surface area (Å²) in [5.74, 6) is 0.246. The van der Waals surface area contributed by atoms with Gasteiger partial charge in [0.1, 0.15) is 12.0 Å². The van der Waals surface area contributed by atoms with Crippen LogP contribution in [0.25, 0.3) is 0 Å². The van der Waals surface area contributed by atoms with E-state index in [9.17, 15) is 4.79 Å². The average Bonchev–Trinajstić information content (AvgIpc) is 2.86. The van der Waals surface area contributed by atoms with Gasteiger partial charge in [-0.25, -0.2) is 9.97 Å². The van der Waals surface area contributed by atoms with Crippen molar-refractivity contribution < 1.29 is 4.79 Å². The number of hydrogen-bond acceptors (Lipinski definition) is 7. The van der Waals surface area contributed by atoms with Crippen LogP contribution in [0, 0.1) is 0 Å². The molecule has 0 bridgehead atoms. The van der Waals surface area contributed by atoms with Crippen molar-refractivity contribution in [2.24, 2.45) is 0 Å². The second-order valence-corrected chi connectivity index (χ2v) is 8.18. The van der Waals surface area contributed by atoms with E-state index in [1.807, 2.05) is 60.7 Å². The van der Waals surface area contributed by atoms with Gasteiger partial charge in [0, 0.05) is 13.1 Å². The fraction of sp³-hybridized carbons (Fsp3) is 0.320. The Kier molecular flexibility index (Phi) is 7.71. The molecule has 0 spiro atoms. The number of aromatic nitrogens is 2. The van der Waals surface area contributed by atoms with E-state index < -0.39 is 5.92 Å². The smallest absolute Gasteiger partial charge is 0.250 e. The Morgan fingerprint density at radius 3 is 2.15 bits per heavy atom. The van der Waals surface area contributed by atoms with Crippen LogP contribution in [0.1, 0.15) is 36.3 Å². The molecule has 33 heavy (non-hydrogen) atoms. The number of anilines is 3. The lowest BCUT2D eigenvalue weighted by molar-refractivity contribution is -0.121. The van der Waals surface area contributed by atoms with Crippen LogP contribution in [0.15, 0.2) is 67.0 Å². The number of benzene rings is 2. The molecule has 1 aromatic heterocycles. The molecule has 1 fully saturated rings. The van der Waals surface area contributed by atoms with Crippen molar-refractivity contribution in [2.45, 2.75) is 25.2 Å². The van der Waals surface area contributed by atoms with Gasteiger partial charge in [0.2, 0.25) is 5.91 Å². The van der Waals surface area contributed by atoms with Crippen LogP contribution in [-0.4, -0.2) is 47.0 Å². The summed E-state index contributed by atoms with van der Waals surface area (Å²) in [6.45, 7) is 3.98. The van der Waals surface area contributed by atoms with Gasteiger partial charge in [-0.15, -0.1) is 0 Å². The van der Waals surface area contributed by atoms with Crippen molar-refractivity contribution in [2.75, 3.05) is 42.7 Å². The summed E-state index contributed by atoms with van der Waals surface area (Å²) in [7, 11) is 0. The zero-order valence-corrected chi connectivity index (χ0v) is 18.7. The first kappa shape index (κ1) is 22.5. The van der Waals surface area contributed by atoms with Crippen LogP contribution < -0.4 is 21.9 Å². The lowest BCUT2D eigenvalue weighted by atomic mass is 9.91. The molecule has 0 unspecified atom stereocenters. The van der Waals surface area contributed by atoms with Crippen LogP contribution in [0.2, 0.25) is 0 Å². The fourth-order valence-electron chi connectivity index (χ4n) is 4.13. The van der Waals surface area contributed by atoms with E-state index in [1.54, 1.807) is 0 Å². The van der Waals surface area contributed by atoms with E-state index in [1.165, 1.54) is 25.6 Å². The molecular weight excluding hydrogens is 414 g/mol. The number of hydrazine groups is 1. The number of nitrogens with two attached hydrogens (primary N) is 1. The number of likely N-dealkylation sites (tertiary alicyclic amines) is 1. The molecule has 2 aromatic carbocycles. The van der Waals surface area contributed by atoms with Gasteiger partial charge in [-0.1, -0.05) is 67.1 Å². The van der Waals surface area contributed by atoms with Gasteiger partial charge in [0.25, 0.3) is 0 Å². The molecule has 1 saturated heterocycles. The molecule has 1 aliphatic heterocycles. The van der Waals surface area contributed by atoms with E-state index in [2.05, 4.69) is 31.0 Å². The van der Waals surface area contributed by atoms with Gasteiger partial charge < -0.3 is 16.0 Å². The number of nitrogen functional groups attached to an aromatic ring is 1. The number of carbonyl (C=O) groups is 1. The normalized spacial score (nSPS) is 14.1. The minimum atomic E-state index is -0.468. The number of carbonyl (C=O) groups excluding carboxylic acids is 1. The molecular formula is C25H31N7O. The maximum atomic E-state index is 13.2. The van der Waals surface area contributed by atoms with Crippen molar-refractivity contribution in [3.05, 3.63) is 78.1 Å². The third kappa shape index (κ3) is 5.98. The predicted octanol–water partition coefficient (Wildman–Crippen LogP) is 3.23. The third-order valence-corrected chi connectivity index (χ3v) is 5.89. The molecule has 0 radical (unpaired) electrons. The minimum absolute atomic E-state index is 0.204. The monoisotopic (exact) mass is 445 g/mol. The second kappa shape index (κ2) is 11.3. The Morgan fingerprint density at radius 1 is 0.909 bits per heavy atom. The first-order valence-corrected chi connectivity index (χ1v) is 11.4. The molecule has 5 N–H and O–H groups in total. The minimum Gasteiger partial charge on any atom is -0.393 e. The summed E-state index contributed by atoms with van der Waals surface area (Å²) in [5.41, 5.74) is 14.1.